The molecule has 1 aliphatic heterocycles. The molecule has 0 amide bonds. The Kier molecular flexibility index (Phi) is 13.4. The number of hydrogen-bond donors (Lipinski definition) is 2. The molecule has 1 saturated heterocycles. The minimum Gasteiger partial charge on any atom is -0.379 e. The number of pyridine rings is 1. The molecule has 1 aromatic heterocycles. The lowest BCUT2D eigenvalue weighted by molar-refractivity contribution is 0.0334. The number of rotatable bonds is 15. The predicted molar refractivity (Wildman–Crippen MR) is 152 cm³/mol. The zero-order valence-electron chi connectivity index (χ0n) is 22.7. The summed E-state index contributed by atoms with van der Waals surface area (Å²) in [5.41, 5.74) is 6.72. The Morgan fingerprint density at radius 2 is 1.76 bits per heavy atom. The minimum absolute atomic E-state index is 0.160. The quantitative estimate of drug-likeness (QED) is 0.111. The van der Waals surface area contributed by atoms with Gasteiger partial charge in [-0.15, -0.1) is 4.99 Å². The van der Waals surface area contributed by atoms with Crippen LogP contribution in [-0.4, -0.2) is 80.4 Å². The number of anilines is 1. The molecule has 2 aliphatic rings. The Bertz CT molecular complexity index is 900. The first-order valence-corrected chi connectivity index (χ1v) is 15.2. The van der Waals surface area contributed by atoms with E-state index in [1.165, 1.54) is 6.42 Å². The number of hydrogen-bond acceptors (Lipinski definition) is 6. The number of guanidine groups is 1. The average Bonchev–Trinajstić information content (AvgIpc) is 2.93. The van der Waals surface area contributed by atoms with Crippen molar-refractivity contribution in [2.45, 2.75) is 82.6 Å². The van der Waals surface area contributed by atoms with Gasteiger partial charge >= 0.3 is 0 Å². The molecule has 3 N–H and O–H groups in total. The van der Waals surface area contributed by atoms with Crippen molar-refractivity contribution in [2.75, 3.05) is 50.8 Å². The second kappa shape index (κ2) is 16.8. The van der Waals surface area contributed by atoms with Gasteiger partial charge in [0.25, 0.3) is 0 Å². The van der Waals surface area contributed by atoms with Crippen LogP contribution in [0.5, 0.6) is 0 Å². The fraction of sp³-hybridized carbons (Fsp3) is 0.741. The van der Waals surface area contributed by atoms with Crippen LogP contribution >= 0.6 is 0 Å². The zero-order valence-corrected chi connectivity index (χ0v) is 23.5. The van der Waals surface area contributed by atoms with E-state index < -0.39 is 11.3 Å². The molecule has 212 valence electrons. The van der Waals surface area contributed by atoms with Crippen LogP contribution in [-0.2, 0) is 16.0 Å². The van der Waals surface area contributed by atoms with Crippen molar-refractivity contribution in [3.8, 4) is 6.19 Å². The van der Waals surface area contributed by atoms with Crippen LogP contribution < -0.4 is 10.6 Å². The van der Waals surface area contributed by atoms with Crippen LogP contribution in [0.2, 0.25) is 0 Å². The van der Waals surface area contributed by atoms with Gasteiger partial charge in [0.05, 0.1) is 13.2 Å². The Morgan fingerprint density at radius 3 is 2.42 bits per heavy atom. The molecule has 10 nitrogen and oxygen atoms in total. The first-order chi connectivity index (χ1) is 18.6. The van der Waals surface area contributed by atoms with Gasteiger partial charge in [-0.25, -0.2) is 4.21 Å². The van der Waals surface area contributed by atoms with Crippen LogP contribution in [0, 0.1) is 11.5 Å². The predicted octanol–water partition coefficient (Wildman–Crippen LogP) is 3.89. The highest BCUT2D eigenvalue weighted by molar-refractivity contribution is 7.76. The summed E-state index contributed by atoms with van der Waals surface area (Å²) in [7, 11) is 0. The van der Waals surface area contributed by atoms with E-state index >= 15 is 0 Å². The first-order valence-electron chi connectivity index (χ1n) is 14.1. The van der Waals surface area contributed by atoms with E-state index in [0.717, 1.165) is 109 Å². The normalized spacial score (nSPS) is 19.2. The number of nitrogens with two attached hydrogens (primary N) is 1. The van der Waals surface area contributed by atoms with Crippen molar-refractivity contribution in [2.24, 2.45) is 10.7 Å². The Labute approximate surface area is 230 Å². The molecule has 2 fully saturated rings. The number of unbranched alkanes of at least 4 members (excludes halogenated alkanes) is 4. The lowest BCUT2D eigenvalue weighted by atomic mass is 9.78. The number of morpholine rings is 1. The van der Waals surface area contributed by atoms with Crippen LogP contribution in [0.4, 0.5) is 5.69 Å². The van der Waals surface area contributed by atoms with Gasteiger partial charge in [-0.05, 0) is 57.2 Å². The van der Waals surface area contributed by atoms with Gasteiger partial charge in [-0.1, -0.05) is 38.5 Å². The van der Waals surface area contributed by atoms with Crippen molar-refractivity contribution in [3.05, 3.63) is 24.5 Å². The average molecular weight is 548 g/mol. The van der Waals surface area contributed by atoms with Crippen molar-refractivity contribution >= 4 is 22.9 Å². The topological polar surface area (TPSA) is 131 Å². The second-order valence-corrected chi connectivity index (χ2v) is 11.3. The minimum atomic E-state index is -1.96. The summed E-state index contributed by atoms with van der Waals surface area (Å²) in [4.78, 5) is 12.0. The number of nitrogens with zero attached hydrogens (tertiary/aromatic N) is 6. The molecule has 1 saturated carbocycles. The van der Waals surface area contributed by atoms with Crippen molar-refractivity contribution in [3.63, 3.8) is 0 Å². The SMILES string of the molecule is N#CN=C(N)N(CCCCCCCN(S(=O)O)C1(CCCN2CCOCC2)CCCCC1)c1ccncc1. The third kappa shape index (κ3) is 9.58. The number of aromatic nitrogens is 1. The Balaban J connectivity index is 1.44. The van der Waals surface area contributed by atoms with E-state index in [1.54, 1.807) is 18.6 Å². The fourth-order valence-corrected chi connectivity index (χ4v) is 6.73. The summed E-state index contributed by atoms with van der Waals surface area (Å²) in [6, 6.07) is 3.71. The summed E-state index contributed by atoms with van der Waals surface area (Å²) in [6.07, 6.45) is 17.6. The summed E-state index contributed by atoms with van der Waals surface area (Å²) < 4.78 is 30.2. The summed E-state index contributed by atoms with van der Waals surface area (Å²) in [6.45, 7) is 5.95. The molecule has 1 unspecified atom stereocenters. The smallest absolute Gasteiger partial charge is 0.235 e. The molecule has 0 bridgehead atoms. The molecule has 0 spiro atoms. The Hall–Kier alpha value is -2.10. The standard InChI is InChI=1S/C27H45N7O3S/c28-24-31-26(29)33(25-10-15-30-16-11-25)18-7-2-1-3-8-19-34(38(35)36)27(12-5-4-6-13-27)14-9-17-32-20-22-37-23-21-32/h10-11,15-16H,1-9,12-14,17-23H2,(H2,29,31)(H,35,36). The molecule has 1 atom stereocenters. The van der Waals surface area contributed by atoms with Crippen molar-refractivity contribution in [1.82, 2.24) is 14.2 Å². The molecule has 38 heavy (non-hydrogen) atoms. The van der Waals surface area contributed by atoms with Gasteiger partial charge < -0.3 is 15.4 Å². The maximum atomic E-state index is 12.5. The fourth-order valence-electron chi connectivity index (χ4n) is 5.84. The van der Waals surface area contributed by atoms with E-state index in [1.807, 2.05) is 21.3 Å². The molecule has 0 radical (unpaired) electrons. The van der Waals surface area contributed by atoms with Crippen LogP contribution in [0.3, 0.4) is 0 Å². The lowest BCUT2D eigenvalue weighted by Gasteiger charge is -2.45. The van der Waals surface area contributed by atoms with Crippen molar-refractivity contribution < 1.29 is 13.5 Å². The van der Waals surface area contributed by atoms with Crippen molar-refractivity contribution in [1.29, 1.82) is 5.26 Å². The van der Waals surface area contributed by atoms with Crippen LogP contribution in [0.1, 0.15) is 77.0 Å². The maximum Gasteiger partial charge on any atom is 0.235 e. The van der Waals surface area contributed by atoms with E-state index in [2.05, 4.69) is 14.9 Å². The van der Waals surface area contributed by atoms with Gasteiger partial charge in [-0.2, -0.15) is 9.57 Å². The molecule has 2 heterocycles. The van der Waals surface area contributed by atoms with Gasteiger partial charge in [0, 0.05) is 49.8 Å². The number of ether oxygens (including phenoxy) is 1. The summed E-state index contributed by atoms with van der Waals surface area (Å²) in [5.74, 6) is 0.186. The number of nitriles is 1. The largest absolute Gasteiger partial charge is 0.379 e. The summed E-state index contributed by atoms with van der Waals surface area (Å²) >= 11 is -1.96. The molecule has 11 heteroatoms. The van der Waals surface area contributed by atoms with E-state index in [-0.39, 0.29) is 11.5 Å². The third-order valence-corrected chi connectivity index (χ3v) is 8.83. The van der Waals surface area contributed by atoms with Gasteiger partial charge in [-0.3, -0.25) is 14.4 Å². The maximum absolute atomic E-state index is 12.5. The van der Waals surface area contributed by atoms with Gasteiger partial charge in [0.2, 0.25) is 23.4 Å². The molecule has 1 aromatic rings. The lowest BCUT2D eigenvalue weighted by Crippen LogP contribution is -2.51. The molecular formula is C27H45N7O3S. The van der Waals surface area contributed by atoms with Gasteiger partial charge in [0.15, 0.2) is 0 Å². The summed E-state index contributed by atoms with van der Waals surface area (Å²) in [5, 5.41) is 8.90. The highest BCUT2D eigenvalue weighted by atomic mass is 32.2. The van der Waals surface area contributed by atoms with Gasteiger partial charge in [0.1, 0.15) is 0 Å². The van der Waals surface area contributed by atoms with E-state index in [4.69, 9.17) is 15.7 Å². The highest BCUT2D eigenvalue weighted by Crippen LogP contribution is 2.38. The zero-order chi connectivity index (χ0) is 27.1. The second-order valence-electron chi connectivity index (χ2n) is 10.4. The first kappa shape index (κ1) is 30.4. The third-order valence-electron chi connectivity index (χ3n) is 7.88. The molecule has 0 aromatic carbocycles. The molecule has 3 rings (SSSR count). The van der Waals surface area contributed by atoms with E-state index in [9.17, 15) is 8.76 Å². The number of aliphatic imine (C=N–C) groups is 1. The van der Waals surface area contributed by atoms with Crippen LogP contribution in [0.25, 0.3) is 0 Å². The Morgan fingerprint density at radius 1 is 1.11 bits per heavy atom. The van der Waals surface area contributed by atoms with Crippen LogP contribution in [0.15, 0.2) is 29.5 Å². The molecule has 1 aliphatic carbocycles. The monoisotopic (exact) mass is 547 g/mol. The van der Waals surface area contributed by atoms with E-state index in [0.29, 0.717) is 13.1 Å². The highest BCUT2D eigenvalue weighted by Gasteiger charge is 2.40. The molecular weight excluding hydrogens is 502 g/mol.